The Bertz CT molecular complexity index is 125. The summed E-state index contributed by atoms with van der Waals surface area (Å²) in [6, 6.07) is 0.356. The summed E-state index contributed by atoms with van der Waals surface area (Å²) in [6.07, 6.45) is 4.16. The van der Waals surface area contributed by atoms with Gasteiger partial charge in [-0.1, -0.05) is 31.2 Å². The highest BCUT2D eigenvalue weighted by Crippen LogP contribution is 1.98. The van der Waals surface area contributed by atoms with E-state index < -0.39 is 0 Å². The molecule has 0 aromatic heterocycles. The molecule has 0 saturated heterocycles. The van der Waals surface area contributed by atoms with Gasteiger partial charge in [0.25, 0.3) is 0 Å². The van der Waals surface area contributed by atoms with E-state index in [0.717, 1.165) is 6.54 Å². The quantitative estimate of drug-likeness (QED) is 0.588. The predicted octanol–water partition coefficient (Wildman–Crippen LogP) is 2.12. The van der Waals surface area contributed by atoms with Gasteiger partial charge in [-0.05, 0) is 20.4 Å². The second-order valence-corrected chi connectivity index (χ2v) is 2.41. The summed E-state index contributed by atoms with van der Waals surface area (Å²) in [5, 5.41) is 3.30. The molecule has 10 heavy (non-hydrogen) atoms. The topological polar surface area (TPSA) is 12.0 Å². The van der Waals surface area contributed by atoms with Crippen LogP contribution in [0, 0.1) is 0 Å². The third-order valence-corrected chi connectivity index (χ3v) is 1.34. The molecule has 0 bridgehead atoms. The van der Waals surface area contributed by atoms with Crippen LogP contribution >= 0.6 is 0 Å². The summed E-state index contributed by atoms with van der Waals surface area (Å²) in [7, 11) is 0. The van der Waals surface area contributed by atoms with E-state index in [0.29, 0.717) is 6.04 Å². The SMILES string of the molecule is C=C(C)C(/C=C\C)NCC. The van der Waals surface area contributed by atoms with Gasteiger partial charge >= 0.3 is 0 Å². The highest BCUT2D eigenvalue weighted by molar-refractivity contribution is 5.11. The van der Waals surface area contributed by atoms with Gasteiger partial charge in [-0.25, -0.2) is 0 Å². The normalized spacial score (nSPS) is 13.9. The zero-order valence-corrected chi connectivity index (χ0v) is 7.15. The van der Waals surface area contributed by atoms with E-state index in [2.05, 4.69) is 24.9 Å². The van der Waals surface area contributed by atoms with Crippen LogP contribution in [0.5, 0.6) is 0 Å². The monoisotopic (exact) mass is 139 g/mol. The van der Waals surface area contributed by atoms with Crippen LogP contribution in [0.15, 0.2) is 24.3 Å². The van der Waals surface area contributed by atoms with E-state index in [1.165, 1.54) is 5.57 Å². The Labute approximate surface area is 63.8 Å². The first-order chi connectivity index (χ1) is 4.72. The Morgan fingerprint density at radius 1 is 1.70 bits per heavy atom. The van der Waals surface area contributed by atoms with E-state index in [4.69, 9.17) is 0 Å². The second-order valence-electron chi connectivity index (χ2n) is 2.41. The number of nitrogens with one attached hydrogen (secondary N) is 1. The first kappa shape index (κ1) is 9.44. The Hall–Kier alpha value is -0.560. The summed E-state index contributed by atoms with van der Waals surface area (Å²) < 4.78 is 0. The van der Waals surface area contributed by atoms with Crippen LogP contribution in [0.1, 0.15) is 20.8 Å². The van der Waals surface area contributed by atoms with Gasteiger partial charge in [-0.3, -0.25) is 0 Å². The van der Waals surface area contributed by atoms with Crippen molar-refractivity contribution in [3.05, 3.63) is 24.3 Å². The molecule has 1 unspecified atom stereocenters. The molecule has 0 amide bonds. The fraction of sp³-hybridized carbons (Fsp3) is 0.556. The van der Waals surface area contributed by atoms with Crippen LogP contribution in [-0.2, 0) is 0 Å². The fourth-order valence-corrected chi connectivity index (χ4v) is 0.819. The van der Waals surface area contributed by atoms with Crippen LogP contribution in [-0.4, -0.2) is 12.6 Å². The van der Waals surface area contributed by atoms with Gasteiger partial charge in [0.15, 0.2) is 0 Å². The fourth-order valence-electron chi connectivity index (χ4n) is 0.819. The Balaban J connectivity index is 3.85. The molecule has 0 saturated carbocycles. The maximum absolute atomic E-state index is 3.88. The third-order valence-electron chi connectivity index (χ3n) is 1.34. The predicted molar refractivity (Wildman–Crippen MR) is 47.1 cm³/mol. The molecule has 1 N–H and O–H groups in total. The van der Waals surface area contributed by atoms with E-state index >= 15 is 0 Å². The molecule has 0 rings (SSSR count). The van der Waals surface area contributed by atoms with E-state index in [-0.39, 0.29) is 0 Å². The largest absolute Gasteiger partial charge is 0.307 e. The van der Waals surface area contributed by atoms with Crippen LogP contribution < -0.4 is 5.32 Å². The molecule has 0 fully saturated rings. The Morgan fingerprint density at radius 2 is 2.30 bits per heavy atom. The average molecular weight is 139 g/mol. The molecule has 1 heteroatoms. The molecule has 0 aliphatic carbocycles. The number of rotatable bonds is 4. The molecule has 0 aliphatic rings. The summed E-state index contributed by atoms with van der Waals surface area (Å²) in [4.78, 5) is 0. The van der Waals surface area contributed by atoms with Crippen LogP contribution in [0.2, 0.25) is 0 Å². The maximum atomic E-state index is 3.88. The van der Waals surface area contributed by atoms with Gasteiger partial charge in [0.1, 0.15) is 0 Å². The molecule has 1 atom stereocenters. The van der Waals surface area contributed by atoms with Gasteiger partial charge in [-0.2, -0.15) is 0 Å². The first-order valence-electron chi connectivity index (χ1n) is 3.74. The molecule has 0 aliphatic heterocycles. The molecule has 0 heterocycles. The lowest BCUT2D eigenvalue weighted by Crippen LogP contribution is -2.27. The van der Waals surface area contributed by atoms with Gasteiger partial charge < -0.3 is 5.32 Å². The number of hydrogen-bond acceptors (Lipinski definition) is 1. The number of hydrogen-bond donors (Lipinski definition) is 1. The van der Waals surface area contributed by atoms with E-state index in [1.54, 1.807) is 0 Å². The highest BCUT2D eigenvalue weighted by atomic mass is 14.9. The van der Waals surface area contributed by atoms with Crippen LogP contribution in [0.4, 0.5) is 0 Å². The van der Waals surface area contributed by atoms with Crippen molar-refractivity contribution in [2.75, 3.05) is 6.54 Å². The van der Waals surface area contributed by atoms with Crippen LogP contribution in [0.25, 0.3) is 0 Å². The first-order valence-corrected chi connectivity index (χ1v) is 3.74. The third kappa shape index (κ3) is 3.46. The van der Waals surface area contributed by atoms with Crippen molar-refractivity contribution in [1.82, 2.24) is 5.32 Å². The molecule has 0 spiro atoms. The molecule has 1 nitrogen and oxygen atoms in total. The smallest absolute Gasteiger partial charge is 0.0459 e. The summed E-state index contributed by atoms with van der Waals surface area (Å²) >= 11 is 0. The van der Waals surface area contributed by atoms with Crippen molar-refractivity contribution in [2.24, 2.45) is 0 Å². The second kappa shape index (κ2) is 5.24. The lowest BCUT2D eigenvalue weighted by Gasteiger charge is -2.12. The average Bonchev–Trinajstić information content (AvgIpc) is 1.87. The molecule has 0 radical (unpaired) electrons. The number of likely N-dealkylation sites (N-methyl/N-ethyl adjacent to an activating group) is 1. The molecular formula is C9H17N. The Morgan fingerprint density at radius 3 is 2.60 bits per heavy atom. The van der Waals surface area contributed by atoms with Crippen LogP contribution in [0.3, 0.4) is 0 Å². The minimum absolute atomic E-state index is 0.356. The van der Waals surface area contributed by atoms with E-state index in [9.17, 15) is 0 Å². The minimum Gasteiger partial charge on any atom is -0.307 e. The van der Waals surface area contributed by atoms with E-state index in [1.807, 2.05) is 19.9 Å². The van der Waals surface area contributed by atoms with Crippen molar-refractivity contribution in [3.8, 4) is 0 Å². The zero-order chi connectivity index (χ0) is 7.98. The molecule has 0 aromatic carbocycles. The lowest BCUT2D eigenvalue weighted by atomic mass is 10.1. The molecule has 58 valence electrons. The van der Waals surface area contributed by atoms with Gasteiger partial charge in [-0.15, -0.1) is 0 Å². The minimum atomic E-state index is 0.356. The van der Waals surface area contributed by atoms with Crippen molar-refractivity contribution < 1.29 is 0 Å². The summed E-state index contributed by atoms with van der Waals surface area (Å²) in [6.45, 7) is 11.0. The highest BCUT2D eigenvalue weighted by Gasteiger charge is 1.99. The lowest BCUT2D eigenvalue weighted by molar-refractivity contribution is 0.681. The Kier molecular flexibility index (Phi) is 4.95. The van der Waals surface area contributed by atoms with Gasteiger partial charge in [0.05, 0.1) is 0 Å². The zero-order valence-electron chi connectivity index (χ0n) is 7.15. The standard InChI is InChI=1S/C9H17N/c1-5-7-9(8(3)4)10-6-2/h5,7,9-10H,3,6H2,1-2,4H3/b7-5-. The van der Waals surface area contributed by atoms with Gasteiger partial charge in [0.2, 0.25) is 0 Å². The van der Waals surface area contributed by atoms with Crippen molar-refractivity contribution in [3.63, 3.8) is 0 Å². The maximum Gasteiger partial charge on any atom is 0.0459 e. The molecule has 0 aromatic rings. The number of allylic oxidation sites excluding steroid dienone is 1. The van der Waals surface area contributed by atoms with Crippen molar-refractivity contribution in [1.29, 1.82) is 0 Å². The van der Waals surface area contributed by atoms with Crippen molar-refractivity contribution >= 4 is 0 Å². The van der Waals surface area contributed by atoms with Crippen molar-refractivity contribution in [2.45, 2.75) is 26.8 Å². The van der Waals surface area contributed by atoms with Gasteiger partial charge in [0, 0.05) is 6.04 Å². The molecular weight excluding hydrogens is 122 g/mol. The summed E-state index contributed by atoms with van der Waals surface area (Å²) in [5.74, 6) is 0. The summed E-state index contributed by atoms with van der Waals surface area (Å²) in [5.41, 5.74) is 1.17.